The molecule has 4 N–H and O–H groups in total. The van der Waals surface area contributed by atoms with Crippen LogP contribution in [-0.4, -0.2) is 31.4 Å². The minimum absolute atomic E-state index is 0.115. The van der Waals surface area contributed by atoms with E-state index in [4.69, 9.17) is 5.73 Å². The van der Waals surface area contributed by atoms with Gasteiger partial charge in [0.2, 0.25) is 11.8 Å². The van der Waals surface area contributed by atoms with Crippen molar-refractivity contribution in [1.82, 2.24) is 10.6 Å². The molecular formula is C17H25N3O2. The van der Waals surface area contributed by atoms with Gasteiger partial charge in [-0.2, -0.15) is 0 Å². The normalized spacial score (nSPS) is 15.5. The first kappa shape index (κ1) is 16.5. The van der Waals surface area contributed by atoms with E-state index in [2.05, 4.69) is 10.6 Å². The molecule has 1 aliphatic rings. The SMILES string of the molecule is NC(=O)c1cccc(CCNC(=O)CCC2CCNCC2)c1. The molecule has 0 spiro atoms. The third-order valence-corrected chi connectivity index (χ3v) is 4.19. The molecular weight excluding hydrogens is 278 g/mol. The van der Waals surface area contributed by atoms with Gasteiger partial charge in [0, 0.05) is 18.5 Å². The summed E-state index contributed by atoms with van der Waals surface area (Å²) in [5.74, 6) is 0.372. The van der Waals surface area contributed by atoms with Gasteiger partial charge in [-0.1, -0.05) is 12.1 Å². The molecule has 1 aliphatic heterocycles. The van der Waals surface area contributed by atoms with Crippen molar-refractivity contribution in [3.05, 3.63) is 35.4 Å². The topological polar surface area (TPSA) is 84.2 Å². The number of nitrogens with one attached hydrogen (secondary N) is 2. The van der Waals surface area contributed by atoms with Crippen molar-refractivity contribution < 1.29 is 9.59 Å². The summed E-state index contributed by atoms with van der Waals surface area (Å²) in [7, 11) is 0. The fourth-order valence-corrected chi connectivity index (χ4v) is 2.82. The molecule has 0 aliphatic carbocycles. The molecule has 5 heteroatoms. The van der Waals surface area contributed by atoms with Gasteiger partial charge in [-0.05, 0) is 62.4 Å². The predicted octanol–water partition coefficient (Wildman–Crippen LogP) is 1.22. The maximum atomic E-state index is 11.9. The second-order valence-electron chi connectivity index (χ2n) is 5.90. The molecule has 0 bridgehead atoms. The monoisotopic (exact) mass is 303 g/mol. The number of rotatable bonds is 7. The van der Waals surface area contributed by atoms with Crippen LogP contribution in [0.5, 0.6) is 0 Å². The molecule has 22 heavy (non-hydrogen) atoms. The van der Waals surface area contributed by atoms with Crippen LogP contribution in [0, 0.1) is 5.92 Å². The Hall–Kier alpha value is -1.88. The first-order valence-electron chi connectivity index (χ1n) is 8.01. The Bertz CT molecular complexity index is 510. The molecule has 1 aromatic rings. The van der Waals surface area contributed by atoms with Gasteiger partial charge in [0.25, 0.3) is 0 Å². The highest BCUT2D eigenvalue weighted by Crippen LogP contribution is 2.17. The standard InChI is InChI=1S/C17H25N3O2/c18-17(22)15-3-1-2-14(12-15)8-11-20-16(21)5-4-13-6-9-19-10-7-13/h1-3,12-13,19H,4-11H2,(H2,18,22)(H,20,21). The van der Waals surface area contributed by atoms with Crippen molar-refractivity contribution in [2.75, 3.05) is 19.6 Å². The molecule has 0 saturated carbocycles. The van der Waals surface area contributed by atoms with Gasteiger partial charge in [0.1, 0.15) is 0 Å². The lowest BCUT2D eigenvalue weighted by Gasteiger charge is -2.22. The lowest BCUT2D eigenvalue weighted by molar-refractivity contribution is -0.121. The number of amides is 2. The average Bonchev–Trinajstić information content (AvgIpc) is 2.54. The van der Waals surface area contributed by atoms with Gasteiger partial charge < -0.3 is 16.4 Å². The minimum atomic E-state index is -0.423. The minimum Gasteiger partial charge on any atom is -0.366 e. The summed E-state index contributed by atoms with van der Waals surface area (Å²) >= 11 is 0. The molecule has 120 valence electrons. The van der Waals surface area contributed by atoms with Crippen LogP contribution in [0.25, 0.3) is 0 Å². The van der Waals surface area contributed by atoms with Crippen LogP contribution in [-0.2, 0) is 11.2 Å². The summed E-state index contributed by atoms with van der Waals surface area (Å²) in [6, 6.07) is 7.23. The molecule has 0 aromatic heterocycles. The zero-order valence-electron chi connectivity index (χ0n) is 12.9. The molecule has 0 radical (unpaired) electrons. The van der Waals surface area contributed by atoms with E-state index in [9.17, 15) is 9.59 Å². The number of hydrogen-bond acceptors (Lipinski definition) is 3. The molecule has 5 nitrogen and oxygen atoms in total. The molecule has 0 atom stereocenters. The van der Waals surface area contributed by atoms with Crippen LogP contribution in [0.3, 0.4) is 0 Å². The van der Waals surface area contributed by atoms with E-state index in [0.29, 0.717) is 30.9 Å². The van der Waals surface area contributed by atoms with E-state index in [1.807, 2.05) is 12.1 Å². The zero-order chi connectivity index (χ0) is 15.8. The van der Waals surface area contributed by atoms with Crippen LogP contribution in [0.4, 0.5) is 0 Å². The van der Waals surface area contributed by atoms with Crippen LogP contribution in [0.15, 0.2) is 24.3 Å². The predicted molar refractivity (Wildman–Crippen MR) is 86.5 cm³/mol. The summed E-state index contributed by atoms with van der Waals surface area (Å²) in [5.41, 5.74) is 6.78. The molecule has 2 amide bonds. The lowest BCUT2D eigenvalue weighted by Crippen LogP contribution is -2.30. The first-order chi connectivity index (χ1) is 10.6. The van der Waals surface area contributed by atoms with Crippen LogP contribution >= 0.6 is 0 Å². The third kappa shape index (κ3) is 5.48. The summed E-state index contributed by atoms with van der Waals surface area (Å²) in [6.07, 6.45) is 4.64. The Morgan fingerprint density at radius 1 is 1.27 bits per heavy atom. The zero-order valence-corrected chi connectivity index (χ0v) is 12.9. The van der Waals surface area contributed by atoms with E-state index in [1.54, 1.807) is 12.1 Å². The van der Waals surface area contributed by atoms with Gasteiger partial charge in [0.15, 0.2) is 0 Å². The van der Waals surface area contributed by atoms with Crippen molar-refractivity contribution in [2.45, 2.75) is 32.1 Å². The number of carbonyl (C=O) groups excluding carboxylic acids is 2. The largest absolute Gasteiger partial charge is 0.366 e. The van der Waals surface area contributed by atoms with Crippen molar-refractivity contribution in [2.24, 2.45) is 11.7 Å². The maximum Gasteiger partial charge on any atom is 0.248 e. The Morgan fingerprint density at radius 3 is 2.77 bits per heavy atom. The Morgan fingerprint density at radius 2 is 2.05 bits per heavy atom. The first-order valence-corrected chi connectivity index (χ1v) is 8.01. The van der Waals surface area contributed by atoms with E-state index >= 15 is 0 Å². The number of hydrogen-bond donors (Lipinski definition) is 3. The van der Waals surface area contributed by atoms with E-state index in [1.165, 1.54) is 12.8 Å². The van der Waals surface area contributed by atoms with Gasteiger partial charge in [-0.3, -0.25) is 9.59 Å². The molecule has 1 saturated heterocycles. The van der Waals surface area contributed by atoms with Gasteiger partial charge in [-0.25, -0.2) is 0 Å². The van der Waals surface area contributed by atoms with Gasteiger partial charge >= 0.3 is 0 Å². The summed E-state index contributed by atoms with van der Waals surface area (Å²) in [6.45, 7) is 2.73. The summed E-state index contributed by atoms with van der Waals surface area (Å²) < 4.78 is 0. The highest BCUT2D eigenvalue weighted by Gasteiger charge is 2.14. The quantitative estimate of drug-likeness (QED) is 0.708. The van der Waals surface area contributed by atoms with Crippen LogP contribution in [0.2, 0.25) is 0 Å². The van der Waals surface area contributed by atoms with Crippen molar-refractivity contribution >= 4 is 11.8 Å². The van der Waals surface area contributed by atoms with E-state index in [0.717, 1.165) is 25.1 Å². The smallest absolute Gasteiger partial charge is 0.248 e. The molecule has 1 fully saturated rings. The highest BCUT2D eigenvalue weighted by atomic mass is 16.1. The van der Waals surface area contributed by atoms with Crippen molar-refractivity contribution in [3.63, 3.8) is 0 Å². The average molecular weight is 303 g/mol. The maximum absolute atomic E-state index is 11.9. The lowest BCUT2D eigenvalue weighted by atomic mass is 9.93. The number of piperidine rings is 1. The molecule has 1 aromatic carbocycles. The number of carbonyl (C=O) groups is 2. The number of benzene rings is 1. The highest BCUT2D eigenvalue weighted by molar-refractivity contribution is 5.92. The Kier molecular flexibility index (Phi) is 6.40. The van der Waals surface area contributed by atoms with Crippen LogP contribution < -0.4 is 16.4 Å². The Balaban J connectivity index is 1.66. The third-order valence-electron chi connectivity index (χ3n) is 4.19. The molecule has 0 unspecified atom stereocenters. The number of nitrogens with two attached hydrogens (primary N) is 1. The van der Waals surface area contributed by atoms with E-state index in [-0.39, 0.29) is 5.91 Å². The van der Waals surface area contributed by atoms with Gasteiger partial charge in [-0.15, -0.1) is 0 Å². The summed E-state index contributed by atoms with van der Waals surface area (Å²) in [5, 5.41) is 6.28. The number of primary amides is 1. The van der Waals surface area contributed by atoms with E-state index < -0.39 is 5.91 Å². The Labute approximate surface area is 131 Å². The molecule has 1 heterocycles. The fraction of sp³-hybridized carbons (Fsp3) is 0.529. The van der Waals surface area contributed by atoms with Crippen molar-refractivity contribution in [3.8, 4) is 0 Å². The fourth-order valence-electron chi connectivity index (χ4n) is 2.82. The summed E-state index contributed by atoms with van der Waals surface area (Å²) in [4.78, 5) is 23.0. The van der Waals surface area contributed by atoms with Gasteiger partial charge in [0.05, 0.1) is 0 Å². The molecule has 2 rings (SSSR count). The second-order valence-corrected chi connectivity index (χ2v) is 5.90. The van der Waals surface area contributed by atoms with Crippen LogP contribution in [0.1, 0.15) is 41.6 Å². The van der Waals surface area contributed by atoms with Crippen molar-refractivity contribution in [1.29, 1.82) is 0 Å². The second kappa shape index (κ2) is 8.54.